The van der Waals surface area contributed by atoms with Crippen LogP contribution in [0.4, 0.5) is 0 Å². The molecule has 70 valence electrons. The Morgan fingerprint density at radius 2 is 2.50 bits per heavy atom. The molecule has 0 saturated heterocycles. The zero-order valence-electron chi connectivity index (χ0n) is 7.75. The molecule has 2 aromatic rings. The van der Waals surface area contributed by atoms with Crippen molar-refractivity contribution in [2.75, 3.05) is 0 Å². The van der Waals surface area contributed by atoms with Crippen LogP contribution in [0, 0.1) is 0 Å². The predicted molar refractivity (Wildman–Crippen MR) is 53.6 cm³/mol. The Hall–Kier alpha value is -2.00. The zero-order valence-corrected chi connectivity index (χ0v) is 7.75. The Kier molecular flexibility index (Phi) is 2.08. The third-order valence-corrected chi connectivity index (χ3v) is 2.12. The average molecular weight is 187 g/mol. The van der Waals surface area contributed by atoms with E-state index < -0.39 is 0 Å². The van der Waals surface area contributed by atoms with Gasteiger partial charge in [0, 0.05) is 29.7 Å². The van der Waals surface area contributed by atoms with Crippen LogP contribution in [0.15, 0.2) is 29.6 Å². The second kappa shape index (κ2) is 3.40. The summed E-state index contributed by atoms with van der Waals surface area (Å²) in [6.45, 7) is 0.375. The Bertz CT molecular complexity index is 507. The molecule has 0 aliphatic carbocycles. The van der Waals surface area contributed by atoms with E-state index >= 15 is 0 Å². The van der Waals surface area contributed by atoms with E-state index in [2.05, 4.69) is 15.0 Å². The maximum Gasteiger partial charge on any atom is 0.139 e. The number of azide groups is 1. The third kappa shape index (κ3) is 1.30. The van der Waals surface area contributed by atoms with Crippen molar-refractivity contribution in [2.45, 2.75) is 6.54 Å². The maximum absolute atomic E-state index is 8.24. The summed E-state index contributed by atoms with van der Waals surface area (Å²) in [5, 5.41) is 4.59. The molecule has 2 aromatic heterocycles. The number of rotatable bonds is 2. The summed E-state index contributed by atoms with van der Waals surface area (Å²) in [4.78, 5) is 6.98. The second-order valence-electron chi connectivity index (χ2n) is 3.03. The van der Waals surface area contributed by atoms with Gasteiger partial charge in [-0.1, -0.05) is 5.11 Å². The molecule has 0 radical (unpaired) electrons. The molecule has 0 N–H and O–H groups in total. The molecule has 2 heterocycles. The van der Waals surface area contributed by atoms with Crippen molar-refractivity contribution in [2.24, 2.45) is 12.2 Å². The zero-order chi connectivity index (χ0) is 9.97. The molecule has 0 aliphatic heterocycles. The van der Waals surface area contributed by atoms with Crippen molar-refractivity contribution in [3.8, 4) is 0 Å². The first-order chi connectivity index (χ1) is 6.83. The van der Waals surface area contributed by atoms with E-state index in [-0.39, 0.29) is 0 Å². The summed E-state index contributed by atoms with van der Waals surface area (Å²) in [7, 11) is 1.93. The minimum absolute atomic E-state index is 0.375. The number of aryl methyl sites for hydroxylation is 1. The molecule has 0 atom stereocenters. The highest BCUT2D eigenvalue weighted by molar-refractivity contribution is 5.80. The number of hydrogen-bond donors (Lipinski definition) is 0. The summed E-state index contributed by atoms with van der Waals surface area (Å²) in [5.74, 6) is 0. The van der Waals surface area contributed by atoms with Gasteiger partial charge in [0.25, 0.3) is 0 Å². The molecule has 2 rings (SSSR count). The lowest BCUT2D eigenvalue weighted by Gasteiger charge is -1.92. The van der Waals surface area contributed by atoms with Crippen molar-refractivity contribution < 1.29 is 0 Å². The van der Waals surface area contributed by atoms with Gasteiger partial charge in [-0.25, -0.2) is 4.98 Å². The van der Waals surface area contributed by atoms with E-state index in [1.807, 2.05) is 29.9 Å². The lowest BCUT2D eigenvalue weighted by atomic mass is 10.2. The highest BCUT2D eigenvalue weighted by Crippen LogP contribution is 2.18. The van der Waals surface area contributed by atoms with Gasteiger partial charge in [0.2, 0.25) is 0 Å². The topological polar surface area (TPSA) is 66.6 Å². The molecule has 5 heteroatoms. The molecular formula is C9H9N5. The first-order valence-electron chi connectivity index (χ1n) is 4.22. The van der Waals surface area contributed by atoms with E-state index in [1.165, 1.54) is 0 Å². The molecule has 14 heavy (non-hydrogen) atoms. The third-order valence-electron chi connectivity index (χ3n) is 2.12. The van der Waals surface area contributed by atoms with E-state index in [4.69, 9.17) is 5.53 Å². The van der Waals surface area contributed by atoms with Gasteiger partial charge in [0.1, 0.15) is 5.65 Å². The van der Waals surface area contributed by atoms with Crippen molar-refractivity contribution in [3.05, 3.63) is 40.5 Å². The van der Waals surface area contributed by atoms with Crippen LogP contribution >= 0.6 is 0 Å². The number of aromatic nitrogens is 2. The summed E-state index contributed by atoms with van der Waals surface area (Å²) < 4.78 is 1.93. The summed E-state index contributed by atoms with van der Waals surface area (Å²) in [6.07, 6.45) is 3.69. The largest absolute Gasteiger partial charge is 0.335 e. The Morgan fingerprint density at radius 3 is 3.29 bits per heavy atom. The van der Waals surface area contributed by atoms with Gasteiger partial charge in [0.05, 0.1) is 6.54 Å². The first-order valence-corrected chi connectivity index (χ1v) is 4.22. The van der Waals surface area contributed by atoms with Crippen LogP contribution in [0.3, 0.4) is 0 Å². The van der Waals surface area contributed by atoms with Crippen LogP contribution in [-0.4, -0.2) is 9.55 Å². The van der Waals surface area contributed by atoms with Gasteiger partial charge in [0.15, 0.2) is 0 Å². The van der Waals surface area contributed by atoms with Gasteiger partial charge in [-0.2, -0.15) is 0 Å². The quantitative estimate of drug-likeness (QED) is 0.404. The van der Waals surface area contributed by atoms with Crippen LogP contribution in [0.2, 0.25) is 0 Å². The average Bonchev–Trinajstić information content (AvgIpc) is 2.54. The molecule has 0 spiro atoms. The molecule has 0 saturated carbocycles. The smallest absolute Gasteiger partial charge is 0.139 e. The van der Waals surface area contributed by atoms with E-state index in [0.717, 1.165) is 16.6 Å². The summed E-state index contributed by atoms with van der Waals surface area (Å²) in [6, 6.07) is 3.85. The summed E-state index contributed by atoms with van der Waals surface area (Å²) in [5.41, 5.74) is 10.2. The van der Waals surface area contributed by atoms with Crippen LogP contribution in [0.25, 0.3) is 21.5 Å². The standard InChI is InChI=1S/C9H9N5/c1-14-6-7(5-12-13-10)8-3-2-4-11-9(8)14/h2-4,6H,5H2,1H3. The van der Waals surface area contributed by atoms with Gasteiger partial charge < -0.3 is 4.57 Å². The number of fused-ring (bicyclic) bond motifs is 1. The number of hydrogen-bond acceptors (Lipinski definition) is 2. The fraction of sp³-hybridized carbons (Fsp3) is 0.222. The highest BCUT2D eigenvalue weighted by Gasteiger charge is 2.04. The first kappa shape index (κ1) is 8.59. The molecular weight excluding hydrogens is 178 g/mol. The Labute approximate surface area is 80.6 Å². The van der Waals surface area contributed by atoms with E-state index in [9.17, 15) is 0 Å². The Morgan fingerprint density at radius 1 is 1.64 bits per heavy atom. The van der Waals surface area contributed by atoms with Crippen molar-refractivity contribution in [1.82, 2.24) is 9.55 Å². The second-order valence-corrected chi connectivity index (χ2v) is 3.03. The minimum atomic E-state index is 0.375. The number of nitrogens with zero attached hydrogens (tertiary/aromatic N) is 5. The lowest BCUT2D eigenvalue weighted by molar-refractivity contribution is 0.931. The van der Waals surface area contributed by atoms with Gasteiger partial charge in [-0.15, -0.1) is 0 Å². The molecule has 5 nitrogen and oxygen atoms in total. The molecule has 0 aliphatic rings. The predicted octanol–water partition coefficient (Wildman–Crippen LogP) is 2.38. The van der Waals surface area contributed by atoms with Gasteiger partial charge in [-0.3, -0.25) is 0 Å². The fourth-order valence-corrected chi connectivity index (χ4v) is 1.53. The minimum Gasteiger partial charge on any atom is -0.335 e. The van der Waals surface area contributed by atoms with Crippen molar-refractivity contribution >= 4 is 11.0 Å². The molecule has 0 aromatic carbocycles. The molecule has 0 fully saturated rings. The number of pyridine rings is 1. The van der Waals surface area contributed by atoms with Gasteiger partial charge in [-0.05, 0) is 23.2 Å². The van der Waals surface area contributed by atoms with E-state index in [0.29, 0.717) is 6.54 Å². The molecule has 0 bridgehead atoms. The Balaban J connectivity index is 2.60. The van der Waals surface area contributed by atoms with Crippen LogP contribution in [0.1, 0.15) is 5.56 Å². The normalized spacial score (nSPS) is 10.1. The van der Waals surface area contributed by atoms with Crippen LogP contribution in [-0.2, 0) is 13.6 Å². The SMILES string of the molecule is Cn1cc(CN=[N+]=[N-])c2cccnc21. The fourth-order valence-electron chi connectivity index (χ4n) is 1.53. The van der Waals surface area contributed by atoms with Crippen molar-refractivity contribution in [3.63, 3.8) is 0 Å². The lowest BCUT2D eigenvalue weighted by Crippen LogP contribution is -1.85. The maximum atomic E-state index is 8.24. The molecule has 0 amide bonds. The highest BCUT2D eigenvalue weighted by atomic mass is 15.1. The van der Waals surface area contributed by atoms with Gasteiger partial charge >= 0.3 is 0 Å². The monoisotopic (exact) mass is 187 g/mol. The van der Waals surface area contributed by atoms with Crippen LogP contribution in [0.5, 0.6) is 0 Å². The van der Waals surface area contributed by atoms with Crippen molar-refractivity contribution in [1.29, 1.82) is 0 Å². The summed E-state index contributed by atoms with van der Waals surface area (Å²) >= 11 is 0. The molecule has 0 unspecified atom stereocenters. The van der Waals surface area contributed by atoms with E-state index in [1.54, 1.807) is 6.20 Å². The van der Waals surface area contributed by atoms with Crippen LogP contribution < -0.4 is 0 Å².